The molecule has 0 aromatic rings. The van der Waals surface area contributed by atoms with Crippen molar-refractivity contribution in [1.82, 2.24) is 0 Å². The van der Waals surface area contributed by atoms with Crippen LogP contribution < -0.4 is 0 Å². The van der Waals surface area contributed by atoms with Gasteiger partial charge in [0.15, 0.2) is 0 Å². The van der Waals surface area contributed by atoms with Crippen molar-refractivity contribution in [3.8, 4) is 0 Å². The zero-order chi connectivity index (χ0) is 44.7. The van der Waals surface area contributed by atoms with Crippen molar-refractivity contribution in [1.29, 1.82) is 0 Å². The second-order valence-electron chi connectivity index (χ2n) is 16.1. The summed E-state index contributed by atoms with van der Waals surface area (Å²) in [5, 5.41) is 25.5. The molecule has 0 amide bonds. The molecule has 0 aromatic heterocycles. The Balaban J connectivity index is -0.000000396. The molecular weight excluding hydrogens is 846 g/mol. The van der Waals surface area contributed by atoms with Crippen molar-refractivity contribution in [2.45, 2.75) is 252 Å². The quantitative estimate of drug-likeness (QED) is 0.0319. The van der Waals surface area contributed by atoms with Crippen molar-refractivity contribution in [3.05, 3.63) is 72.9 Å². The molecule has 61 heavy (non-hydrogen) atoms. The average Bonchev–Trinajstić information content (AvgIpc) is 3.22. The number of allylic oxidation sites excluding steroid dienone is 12. The standard InChI is InChI=1S/3C18H32O2.Ru/c3*1-2-3-4-5-6-7-8-9-10-11-12-13-14-15-16-17-18(19)20;/h3*6-7,9-10H,2-5,8,11-17H2,1H3,(H,19,20);/b3*7-6-,10-9-;. The van der Waals surface area contributed by atoms with Crippen LogP contribution in [0.1, 0.15) is 252 Å². The number of carboxylic acid groups (broad SMARTS) is 3. The van der Waals surface area contributed by atoms with Crippen molar-refractivity contribution < 1.29 is 49.2 Å². The van der Waals surface area contributed by atoms with Gasteiger partial charge in [0.2, 0.25) is 0 Å². The number of aliphatic carboxylic acids is 3. The van der Waals surface area contributed by atoms with Gasteiger partial charge in [-0.25, -0.2) is 0 Å². The summed E-state index contributed by atoms with van der Waals surface area (Å²) in [6.45, 7) is 6.70. The number of unbranched alkanes of at least 4 members (excludes halogenated alkanes) is 24. The van der Waals surface area contributed by atoms with Gasteiger partial charge in [0.1, 0.15) is 0 Å². The predicted molar refractivity (Wildman–Crippen MR) is 261 cm³/mol. The molecule has 0 atom stereocenters. The molecule has 0 radical (unpaired) electrons. The Labute approximate surface area is 390 Å². The maximum atomic E-state index is 10.3. The van der Waals surface area contributed by atoms with E-state index in [1.54, 1.807) is 0 Å². The van der Waals surface area contributed by atoms with Gasteiger partial charge in [-0.2, -0.15) is 0 Å². The van der Waals surface area contributed by atoms with Crippen molar-refractivity contribution >= 4 is 17.9 Å². The smallest absolute Gasteiger partial charge is 0.303 e. The van der Waals surface area contributed by atoms with Gasteiger partial charge in [0.25, 0.3) is 0 Å². The second kappa shape index (κ2) is 61.8. The molecule has 0 bridgehead atoms. The van der Waals surface area contributed by atoms with Crippen LogP contribution >= 0.6 is 0 Å². The van der Waals surface area contributed by atoms with Gasteiger partial charge in [-0.15, -0.1) is 0 Å². The molecule has 356 valence electrons. The van der Waals surface area contributed by atoms with E-state index in [-0.39, 0.29) is 19.5 Å². The number of hydrogen-bond acceptors (Lipinski definition) is 3. The molecule has 0 aliphatic rings. The third-order valence-corrected chi connectivity index (χ3v) is 10.0. The zero-order valence-electron chi connectivity index (χ0n) is 39.8. The van der Waals surface area contributed by atoms with Gasteiger partial charge < -0.3 is 15.3 Å². The minimum absolute atomic E-state index is 0. The Bertz CT molecular complexity index is 940. The molecule has 0 unspecified atom stereocenters. The summed E-state index contributed by atoms with van der Waals surface area (Å²) in [6.07, 6.45) is 66.8. The molecule has 0 rings (SSSR count). The third-order valence-electron chi connectivity index (χ3n) is 10.0. The van der Waals surface area contributed by atoms with Crippen LogP contribution in [0.4, 0.5) is 0 Å². The summed E-state index contributed by atoms with van der Waals surface area (Å²) >= 11 is 0. The van der Waals surface area contributed by atoms with Crippen molar-refractivity contribution in [3.63, 3.8) is 0 Å². The van der Waals surface area contributed by atoms with E-state index < -0.39 is 17.9 Å². The SMILES string of the molecule is CCCCC/C=C\C/C=C\CCCCCCCC(=O)O.CCCCC/C=C\C/C=C\CCCCCCCC(=O)O.CCCCC/C=C\C/C=C\CCCCCCCC(=O)O.[Ru]. The molecule has 0 aliphatic heterocycles. The molecule has 0 aliphatic carbocycles. The van der Waals surface area contributed by atoms with Crippen LogP contribution in [0.15, 0.2) is 72.9 Å². The molecule has 7 heteroatoms. The Morgan fingerprint density at radius 3 is 0.656 bits per heavy atom. The number of carboxylic acids is 3. The number of rotatable bonds is 42. The molecule has 3 N–H and O–H groups in total. The molecule has 0 spiro atoms. The van der Waals surface area contributed by atoms with Crippen LogP contribution in [0.3, 0.4) is 0 Å². The second-order valence-corrected chi connectivity index (χ2v) is 16.1. The molecule has 6 nitrogen and oxygen atoms in total. The fourth-order valence-electron chi connectivity index (χ4n) is 6.26. The normalized spacial score (nSPS) is 11.5. The Morgan fingerprint density at radius 1 is 0.279 bits per heavy atom. The predicted octanol–water partition coefficient (Wildman–Crippen LogP) is 17.7. The first kappa shape index (κ1) is 65.1. The molecule has 0 aromatic carbocycles. The van der Waals surface area contributed by atoms with E-state index >= 15 is 0 Å². The summed E-state index contributed by atoms with van der Waals surface area (Å²) in [5.41, 5.74) is 0. The summed E-state index contributed by atoms with van der Waals surface area (Å²) in [7, 11) is 0. The largest absolute Gasteiger partial charge is 0.481 e. The van der Waals surface area contributed by atoms with Crippen LogP contribution in [0, 0.1) is 0 Å². The molecule has 0 saturated heterocycles. The van der Waals surface area contributed by atoms with E-state index in [2.05, 4.69) is 93.7 Å². The number of carbonyl (C=O) groups is 3. The molecular formula is C54H96O6Ru. The van der Waals surface area contributed by atoms with E-state index in [0.29, 0.717) is 19.3 Å². The number of hydrogen-bond donors (Lipinski definition) is 3. The van der Waals surface area contributed by atoms with Crippen molar-refractivity contribution in [2.75, 3.05) is 0 Å². The Kier molecular flexibility index (Phi) is 65.9. The van der Waals surface area contributed by atoms with Gasteiger partial charge in [-0.1, -0.05) is 190 Å². The maximum Gasteiger partial charge on any atom is 0.303 e. The van der Waals surface area contributed by atoms with E-state index in [4.69, 9.17) is 15.3 Å². The topological polar surface area (TPSA) is 112 Å². The van der Waals surface area contributed by atoms with Crippen molar-refractivity contribution in [2.24, 2.45) is 0 Å². The maximum absolute atomic E-state index is 10.3. The van der Waals surface area contributed by atoms with Crippen LogP contribution in [0.25, 0.3) is 0 Å². The van der Waals surface area contributed by atoms with Gasteiger partial charge in [0, 0.05) is 38.7 Å². The minimum Gasteiger partial charge on any atom is -0.481 e. The molecule has 0 heterocycles. The Hall–Kier alpha value is -2.53. The van der Waals surface area contributed by atoms with Crippen LogP contribution in [0.5, 0.6) is 0 Å². The summed E-state index contributed by atoms with van der Waals surface area (Å²) in [5.74, 6) is -2.01. The fraction of sp³-hybridized carbons (Fsp3) is 0.722. The first-order valence-electron chi connectivity index (χ1n) is 24.9. The summed E-state index contributed by atoms with van der Waals surface area (Å²) in [6, 6.07) is 0. The summed E-state index contributed by atoms with van der Waals surface area (Å²) < 4.78 is 0. The van der Waals surface area contributed by atoms with E-state index in [0.717, 1.165) is 77.0 Å². The van der Waals surface area contributed by atoms with Crippen LogP contribution in [-0.2, 0) is 33.9 Å². The van der Waals surface area contributed by atoms with E-state index in [1.807, 2.05) is 0 Å². The first-order chi connectivity index (χ1) is 29.3. The Morgan fingerprint density at radius 2 is 0.459 bits per heavy atom. The van der Waals surface area contributed by atoms with Gasteiger partial charge in [-0.3, -0.25) is 14.4 Å². The molecule has 0 saturated carbocycles. The monoisotopic (exact) mass is 943 g/mol. The fourth-order valence-corrected chi connectivity index (χ4v) is 6.26. The zero-order valence-corrected chi connectivity index (χ0v) is 41.5. The third kappa shape index (κ3) is 75.3. The average molecular weight is 942 g/mol. The van der Waals surface area contributed by atoms with Gasteiger partial charge >= 0.3 is 17.9 Å². The van der Waals surface area contributed by atoms with E-state index in [1.165, 1.54) is 135 Å². The van der Waals surface area contributed by atoms with Gasteiger partial charge in [-0.05, 0) is 116 Å². The van der Waals surface area contributed by atoms with E-state index in [9.17, 15) is 14.4 Å². The minimum atomic E-state index is -0.671. The van der Waals surface area contributed by atoms with Crippen LogP contribution in [0.2, 0.25) is 0 Å². The summed E-state index contributed by atoms with van der Waals surface area (Å²) in [4.78, 5) is 31.0. The molecule has 0 fully saturated rings. The first-order valence-corrected chi connectivity index (χ1v) is 24.9. The van der Waals surface area contributed by atoms with Gasteiger partial charge in [0.05, 0.1) is 0 Å². The van der Waals surface area contributed by atoms with Crippen LogP contribution in [-0.4, -0.2) is 33.2 Å².